The predicted molar refractivity (Wildman–Crippen MR) is 78.9 cm³/mol. The maximum Gasteiger partial charge on any atom is 0.141 e. The molecule has 5 heteroatoms. The molecule has 0 aromatic carbocycles. The number of hydrogen-bond donors (Lipinski definition) is 1. The van der Waals surface area contributed by atoms with Crippen molar-refractivity contribution in [1.29, 1.82) is 0 Å². The predicted octanol–water partition coefficient (Wildman–Crippen LogP) is 2.21. The molecular formula is C15H26FN3O. The minimum Gasteiger partial charge on any atom is -0.377 e. The van der Waals surface area contributed by atoms with Gasteiger partial charge in [0.15, 0.2) is 0 Å². The number of pyridine rings is 1. The van der Waals surface area contributed by atoms with Crippen LogP contribution in [0.2, 0.25) is 0 Å². The standard InChI is InChI=1S/C15H26FN3O/c1-11(2)20-8-7-19(4)10-12(3)15(17)14-6-5-13(16)9-18-14/h5-6,9,11-12,15H,7-8,10,17H2,1-4H3. The Morgan fingerprint density at radius 2 is 2.05 bits per heavy atom. The quantitative estimate of drug-likeness (QED) is 0.795. The highest BCUT2D eigenvalue weighted by molar-refractivity contribution is 5.10. The fraction of sp³-hybridized carbons (Fsp3) is 0.667. The van der Waals surface area contributed by atoms with Gasteiger partial charge >= 0.3 is 0 Å². The molecule has 114 valence electrons. The first kappa shape index (κ1) is 17.0. The number of nitrogens with zero attached hydrogens (tertiary/aromatic N) is 2. The summed E-state index contributed by atoms with van der Waals surface area (Å²) in [5, 5.41) is 0. The van der Waals surface area contributed by atoms with E-state index < -0.39 is 0 Å². The third kappa shape index (κ3) is 5.94. The van der Waals surface area contributed by atoms with Crippen LogP contribution in [0.3, 0.4) is 0 Å². The summed E-state index contributed by atoms with van der Waals surface area (Å²) in [6, 6.07) is 2.86. The first-order valence-electron chi connectivity index (χ1n) is 7.07. The maximum atomic E-state index is 12.8. The number of likely N-dealkylation sites (N-methyl/N-ethyl adjacent to an activating group) is 1. The summed E-state index contributed by atoms with van der Waals surface area (Å²) >= 11 is 0. The molecule has 0 aliphatic heterocycles. The van der Waals surface area contributed by atoms with Gasteiger partial charge in [-0.15, -0.1) is 0 Å². The minimum atomic E-state index is -0.337. The van der Waals surface area contributed by atoms with E-state index in [-0.39, 0.29) is 23.9 Å². The van der Waals surface area contributed by atoms with Gasteiger partial charge in [0.05, 0.1) is 30.6 Å². The molecule has 1 aromatic rings. The van der Waals surface area contributed by atoms with Crippen LogP contribution in [0.25, 0.3) is 0 Å². The molecule has 0 spiro atoms. The number of hydrogen-bond acceptors (Lipinski definition) is 4. The lowest BCUT2D eigenvalue weighted by Gasteiger charge is -2.25. The number of ether oxygens (including phenoxy) is 1. The summed E-state index contributed by atoms with van der Waals surface area (Å²) < 4.78 is 18.4. The highest BCUT2D eigenvalue weighted by Crippen LogP contribution is 2.18. The summed E-state index contributed by atoms with van der Waals surface area (Å²) in [4.78, 5) is 6.24. The highest BCUT2D eigenvalue weighted by atomic mass is 19.1. The van der Waals surface area contributed by atoms with Crippen molar-refractivity contribution in [3.63, 3.8) is 0 Å². The van der Waals surface area contributed by atoms with Crippen LogP contribution in [0, 0.1) is 11.7 Å². The molecule has 0 saturated heterocycles. The maximum absolute atomic E-state index is 12.8. The van der Waals surface area contributed by atoms with Crippen molar-refractivity contribution in [2.75, 3.05) is 26.7 Å². The van der Waals surface area contributed by atoms with Crippen molar-refractivity contribution in [3.8, 4) is 0 Å². The smallest absolute Gasteiger partial charge is 0.141 e. The monoisotopic (exact) mass is 283 g/mol. The third-order valence-corrected chi connectivity index (χ3v) is 3.23. The molecule has 0 aliphatic carbocycles. The topological polar surface area (TPSA) is 51.4 Å². The normalized spacial score (nSPS) is 14.8. The molecule has 2 N–H and O–H groups in total. The molecule has 0 aliphatic rings. The van der Waals surface area contributed by atoms with Gasteiger partial charge < -0.3 is 15.4 Å². The van der Waals surface area contributed by atoms with Crippen molar-refractivity contribution in [3.05, 3.63) is 29.8 Å². The molecule has 1 rings (SSSR count). The molecule has 1 aromatic heterocycles. The molecule has 0 bridgehead atoms. The zero-order chi connectivity index (χ0) is 15.1. The van der Waals surface area contributed by atoms with Crippen molar-refractivity contribution >= 4 is 0 Å². The van der Waals surface area contributed by atoms with Crippen molar-refractivity contribution in [1.82, 2.24) is 9.88 Å². The second-order valence-corrected chi connectivity index (χ2v) is 5.59. The summed E-state index contributed by atoms with van der Waals surface area (Å²) in [5.74, 6) is -0.103. The van der Waals surface area contributed by atoms with E-state index in [2.05, 4.69) is 16.8 Å². The Labute approximate surface area is 121 Å². The minimum absolute atomic E-state index is 0.191. The van der Waals surface area contributed by atoms with Crippen LogP contribution in [0.4, 0.5) is 4.39 Å². The van der Waals surface area contributed by atoms with E-state index >= 15 is 0 Å². The van der Waals surface area contributed by atoms with Gasteiger partial charge in [0.1, 0.15) is 5.82 Å². The Bertz CT molecular complexity index is 383. The molecule has 4 nitrogen and oxygen atoms in total. The fourth-order valence-electron chi connectivity index (χ4n) is 2.02. The van der Waals surface area contributed by atoms with Crippen LogP contribution in [0.1, 0.15) is 32.5 Å². The van der Waals surface area contributed by atoms with E-state index in [1.54, 1.807) is 6.07 Å². The van der Waals surface area contributed by atoms with Gasteiger partial charge in [-0.1, -0.05) is 6.92 Å². The lowest BCUT2D eigenvalue weighted by molar-refractivity contribution is 0.0609. The van der Waals surface area contributed by atoms with E-state index in [0.717, 1.165) is 18.8 Å². The third-order valence-electron chi connectivity index (χ3n) is 3.23. The summed E-state index contributed by atoms with van der Waals surface area (Å²) in [6.45, 7) is 8.56. The van der Waals surface area contributed by atoms with E-state index in [9.17, 15) is 4.39 Å². The van der Waals surface area contributed by atoms with Crippen LogP contribution in [-0.2, 0) is 4.74 Å². The molecular weight excluding hydrogens is 257 g/mol. The summed E-state index contributed by atoms with van der Waals surface area (Å²) in [6.07, 6.45) is 1.47. The number of nitrogens with two attached hydrogens (primary N) is 1. The Hall–Kier alpha value is -1.04. The van der Waals surface area contributed by atoms with Crippen LogP contribution in [-0.4, -0.2) is 42.7 Å². The van der Waals surface area contributed by atoms with Gasteiger partial charge in [-0.05, 0) is 38.9 Å². The van der Waals surface area contributed by atoms with Crippen molar-refractivity contribution in [2.24, 2.45) is 11.7 Å². The van der Waals surface area contributed by atoms with Crippen LogP contribution in [0.5, 0.6) is 0 Å². The molecule has 0 fully saturated rings. The Balaban J connectivity index is 2.40. The lowest BCUT2D eigenvalue weighted by atomic mass is 9.99. The second kappa shape index (κ2) is 8.29. The average Bonchev–Trinajstić information content (AvgIpc) is 2.38. The first-order valence-corrected chi connectivity index (χ1v) is 7.07. The average molecular weight is 283 g/mol. The molecule has 0 saturated carbocycles. The highest BCUT2D eigenvalue weighted by Gasteiger charge is 2.17. The van der Waals surface area contributed by atoms with E-state index in [0.29, 0.717) is 6.61 Å². The van der Waals surface area contributed by atoms with E-state index in [1.807, 2.05) is 20.9 Å². The number of rotatable bonds is 8. The SMILES string of the molecule is CC(C)OCCN(C)CC(C)C(N)c1ccc(F)cn1. The summed E-state index contributed by atoms with van der Waals surface area (Å²) in [5.41, 5.74) is 6.90. The largest absolute Gasteiger partial charge is 0.377 e. The fourth-order valence-corrected chi connectivity index (χ4v) is 2.02. The van der Waals surface area contributed by atoms with Gasteiger partial charge in [0, 0.05) is 13.1 Å². The molecule has 20 heavy (non-hydrogen) atoms. The molecule has 0 radical (unpaired) electrons. The Morgan fingerprint density at radius 1 is 1.35 bits per heavy atom. The van der Waals surface area contributed by atoms with Gasteiger partial charge in [-0.25, -0.2) is 4.39 Å². The van der Waals surface area contributed by atoms with Gasteiger partial charge in [-0.3, -0.25) is 4.98 Å². The van der Waals surface area contributed by atoms with Crippen LogP contribution >= 0.6 is 0 Å². The lowest BCUT2D eigenvalue weighted by Crippen LogP contribution is -2.33. The number of aromatic nitrogens is 1. The zero-order valence-electron chi connectivity index (χ0n) is 12.8. The van der Waals surface area contributed by atoms with Crippen molar-refractivity contribution < 1.29 is 9.13 Å². The molecule has 1 heterocycles. The van der Waals surface area contributed by atoms with Crippen LogP contribution in [0.15, 0.2) is 18.3 Å². The second-order valence-electron chi connectivity index (χ2n) is 5.59. The van der Waals surface area contributed by atoms with Crippen LogP contribution < -0.4 is 5.73 Å². The Kier molecular flexibility index (Phi) is 7.05. The molecule has 2 atom stereocenters. The Morgan fingerprint density at radius 3 is 2.60 bits per heavy atom. The van der Waals surface area contributed by atoms with Crippen molar-refractivity contribution in [2.45, 2.75) is 32.9 Å². The van der Waals surface area contributed by atoms with E-state index in [1.165, 1.54) is 12.3 Å². The molecule has 2 unspecified atom stereocenters. The number of halogens is 1. The van der Waals surface area contributed by atoms with Gasteiger partial charge in [0.2, 0.25) is 0 Å². The van der Waals surface area contributed by atoms with Gasteiger partial charge in [0.25, 0.3) is 0 Å². The van der Waals surface area contributed by atoms with Gasteiger partial charge in [-0.2, -0.15) is 0 Å². The van der Waals surface area contributed by atoms with E-state index in [4.69, 9.17) is 10.5 Å². The first-order chi connectivity index (χ1) is 9.40. The summed E-state index contributed by atoms with van der Waals surface area (Å²) in [7, 11) is 2.05. The molecule has 0 amide bonds. The zero-order valence-corrected chi connectivity index (χ0v) is 12.8.